The number of benzene rings is 1. The number of nitrogens with one attached hydrogen (secondary N) is 2. The molecule has 0 radical (unpaired) electrons. The second-order valence-electron chi connectivity index (χ2n) is 11.4. The van der Waals surface area contributed by atoms with Crippen molar-refractivity contribution in [1.29, 1.82) is 0 Å². The number of aliphatic hydroxyl groups is 1. The summed E-state index contributed by atoms with van der Waals surface area (Å²) in [6.07, 6.45) is 1.42. The van der Waals surface area contributed by atoms with Crippen molar-refractivity contribution in [1.82, 2.24) is 15.5 Å². The molecule has 2 amide bonds. The summed E-state index contributed by atoms with van der Waals surface area (Å²) in [6.45, 7) is 6.20. The number of rotatable bonds is 8. The Bertz CT molecular complexity index is 1330. The number of methoxy groups -OCH3 is 1. The summed E-state index contributed by atoms with van der Waals surface area (Å²) in [5.74, 6) is -1.29. The third-order valence-corrected chi connectivity index (χ3v) is 8.93. The smallest absolute Gasteiger partial charge is 0.352 e. The maximum Gasteiger partial charge on any atom is 0.352 e. The molecule has 41 heavy (non-hydrogen) atoms. The summed E-state index contributed by atoms with van der Waals surface area (Å²) in [7, 11) is 3.50. The van der Waals surface area contributed by atoms with Gasteiger partial charge < -0.3 is 34.7 Å². The number of carbonyl (C=O) groups is 4. The van der Waals surface area contributed by atoms with Crippen LogP contribution in [0.3, 0.4) is 0 Å². The van der Waals surface area contributed by atoms with Gasteiger partial charge in [0, 0.05) is 31.4 Å². The van der Waals surface area contributed by atoms with E-state index in [1.807, 2.05) is 24.1 Å². The Labute approximate surface area is 238 Å². The first-order valence-electron chi connectivity index (χ1n) is 13.8. The first kappa shape index (κ1) is 28.9. The highest BCUT2D eigenvalue weighted by atomic mass is 16.6. The molecule has 2 bridgehead atoms. The number of esters is 2. The molecule has 1 saturated heterocycles. The lowest BCUT2D eigenvalue weighted by molar-refractivity contribution is -0.205. The Morgan fingerprint density at radius 3 is 2.54 bits per heavy atom. The third-order valence-electron chi connectivity index (χ3n) is 8.93. The molecule has 5 rings (SSSR count). The third kappa shape index (κ3) is 4.53. The maximum atomic E-state index is 13.1. The molecule has 2 aliphatic carbocycles. The van der Waals surface area contributed by atoms with Gasteiger partial charge in [-0.05, 0) is 58.4 Å². The molecular formula is C29H37N3O9. The minimum Gasteiger partial charge on any atom is -0.493 e. The number of hydrogen-bond acceptors (Lipinski definition) is 10. The number of nitrogens with zero attached hydrogens (tertiary/aromatic N) is 1. The highest BCUT2D eigenvalue weighted by molar-refractivity contribution is 5.90. The Morgan fingerprint density at radius 2 is 1.85 bits per heavy atom. The van der Waals surface area contributed by atoms with Crippen molar-refractivity contribution in [2.24, 2.45) is 5.92 Å². The molecule has 12 heteroatoms. The van der Waals surface area contributed by atoms with Gasteiger partial charge >= 0.3 is 11.9 Å². The number of likely N-dealkylation sites (tertiary alicyclic amines) is 1. The minimum absolute atomic E-state index is 0.193. The standard InChI is InChI=1S/C29H37N3O9/c1-14(30-17(4)33)25(34)31-15(2)26(35)39-16(3)27(36)40-20-9-10-21-28-11-12-32(5)29(21,37)13-18-7-8-19(38-6)23(22(18)28)41-24(20)28/h7-9,14-16,21,24,37H,10-13H2,1-6H3,(H,30,33)(H,31,34)/t14-,15-,16?,21?,24?,28?,29?/m0/s1. The molecule has 1 fully saturated rings. The molecule has 1 spiro atoms. The highest BCUT2D eigenvalue weighted by Crippen LogP contribution is 2.65. The molecule has 0 aromatic heterocycles. The zero-order valence-corrected chi connectivity index (χ0v) is 24.1. The van der Waals surface area contributed by atoms with E-state index in [0.717, 1.165) is 11.1 Å². The summed E-state index contributed by atoms with van der Waals surface area (Å²) in [6, 6.07) is 1.88. The lowest BCUT2D eigenvalue weighted by atomic mass is 9.51. The molecule has 12 nitrogen and oxygen atoms in total. The molecule has 3 N–H and O–H groups in total. The fourth-order valence-electron chi connectivity index (χ4n) is 6.88. The predicted octanol–water partition coefficient (Wildman–Crippen LogP) is 0.682. The van der Waals surface area contributed by atoms with Crippen LogP contribution in [0.15, 0.2) is 24.0 Å². The van der Waals surface area contributed by atoms with Crippen molar-refractivity contribution in [3.63, 3.8) is 0 Å². The van der Waals surface area contributed by atoms with Crippen LogP contribution >= 0.6 is 0 Å². The molecule has 0 saturated carbocycles. The zero-order chi connectivity index (χ0) is 29.9. The first-order chi connectivity index (χ1) is 19.3. The minimum atomic E-state index is -1.28. The Balaban J connectivity index is 1.32. The van der Waals surface area contributed by atoms with Crippen LogP contribution in [0.2, 0.25) is 0 Å². The van der Waals surface area contributed by atoms with Gasteiger partial charge in [-0.2, -0.15) is 0 Å². The fraction of sp³-hybridized carbons (Fsp3) is 0.586. The van der Waals surface area contributed by atoms with Gasteiger partial charge in [-0.25, -0.2) is 9.59 Å². The van der Waals surface area contributed by atoms with Gasteiger partial charge in [-0.1, -0.05) is 6.07 Å². The molecule has 1 aromatic rings. The summed E-state index contributed by atoms with van der Waals surface area (Å²) >= 11 is 0. The molecule has 2 heterocycles. The van der Waals surface area contributed by atoms with Gasteiger partial charge in [0.25, 0.3) is 0 Å². The van der Waals surface area contributed by atoms with Crippen LogP contribution in [-0.4, -0.2) is 84.5 Å². The van der Waals surface area contributed by atoms with Crippen LogP contribution in [0, 0.1) is 5.92 Å². The Kier molecular flexibility index (Phi) is 7.27. The number of hydrogen-bond donors (Lipinski definition) is 3. The average Bonchev–Trinajstić information content (AvgIpc) is 3.27. The van der Waals surface area contributed by atoms with Crippen LogP contribution in [0.4, 0.5) is 0 Å². The van der Waals surface area contributed by atoms with Crippen LogP contribution in [0.5, 0.6) is 11.5 Å². The van der Waals surface area contributed by atoms with Crippen LogP contribution in [0.25, 0.3) is 0 Å². The van der Waals surface area contributed by atoms with E-state index >= 15 is 0 Å². The molecule has 1 aromatic carbocycles. The second-order valence-corrected chi connectivity index (χ2v) is 11.4. The SMILES string of the molecule is COc1ccc2c3c1OC1C(OC(=O)C(C)OC(=O)[C@H](C)NC(=O)[C@H](C)NC(C)=O)=CCC4C31CCN(C)C4(O)C2. The van der Waals surface area contributed by atoms with E-state index in [0.29, 0.717) is 43.1 Å². The van der Waals surface area contributed by atoms with Gasteiger partial charge in [-0.3, -0.25) is 14.5 Å². The van der Waals surface area contributed by atoms with Crippen LogP contribution in [0.1, 0.15) is 51.7 Å². The van der Waals surface area contributed by atoms with Crippen molar-refractivity contribution in [2.75, 3.05) is 20.7 Å². The topological polar surface area (TPSA) is 153 Å². The van der Waals surface area contributed by atoms with E-state index < -0.39 is 53.3 Å². The second kappa shape index (κ2) is 10.3. The Hall–Kier alpha value is -3.64. The lowest BCUT2D eigenvalue weighted by Crippen LogP contribution is -2.70. The van der Waals surface area contributed by atoms with E-state index in [4.69, 9.17) is 18.9 Å². The van der Waals surface area contributed by atoms with Gasteiger partial charge in [0.05, 0.1) is 12.5 Å². The summed E-state index contributed by atoms with van der Waals surface area (Å²) in [5, 5.41) is 16.8. The van der Waals surface area contributed by atoms with Crippen LogP contribution < -0.4 is 20.1 Å². The number of piperidine rings is 1. The Morgan fingerprint density at radius 1 is 1.12 bits per heavy atom. The summed E-state index contributed by atoms with van der Waals surface area (Å²) in [5.41, 5.74) is 0.277. The number of amides is 2. The van der Waals surface area contributed by atoms with E-state index in [-0.39, 0.29) is 11.8 Å². The zero-order valence-electron chi connectivity index (χ0n) is 24.1. The molecule has 2 aliphatic heterocycles. The van der Waals surface area contributed by atoms with E-state index in [2.05, 4.69) is 10.6 Å². The number of ether oxygens (including phenoxy) is 4. The normalized spacial score (nSPS) is 29.5. The van der Waals surface area contributed by atoms with Gasteiger partial charge in [0.1, 0.15) is 23.6 Å². The molecule has 4 aliphatic rings. The van der Waals surface area contributed by atoms with Crippen molar-refractivity contribution >= 4 is 23.8 Å². The van der Waals surface area contributed by atoms with Crippen molar-refractivity contribution in [3.8, 4) is 11.5 Å². The van der Waals surface area contributed by atoms with Crippen LogP contribution in [-0.2, 0) is 40.5 Å². The maximum absolute atomic E-state index is 13.1. The molecule has 5 unspecified atom stereocenters. The summed E-state index contributed by atoms with van der Waals surface area (Å²) in [4.78, 5) is 51.2. The largest absolute Gasteiger partial charge is 0.493 e. The number of carbonyl (C=O) groups excluding carboxylic acids is 4. The monoisotopic (exact) mass is 571 g/mol. The van der Waals surface area contributed by atoms with Crippen molar-refractivity contribution < 1.29 is 43.2 Å². The van der Waals surface area contributed by atoms with Gasteiger partial charge in [0.2, 0.25) is 11.8 Å². The van der Waals surface area contributed by atoms with E-state index in [1.165, 1.54) is 27.7 Å². The van der Waals surface area contributed by atoms with Crippen molar-refractivity contribution in [2.45, 2.75) is 82.4 Å². The van der Waals surface area contributed by atoms with Crippen molar-refractivity contribution in [3.05, 3.63) is 35.1 Å². The quantitative estimate of drug-likeness (QED) is 0.380. The lowest BCUT2D eigenvalue weighted by Gasteiger charge is -2.60. The molecular weight excluding hydrogens is 534 g/mol. The highest BCUT2D eigenvalue weighted by Gasteiger charge is 2.69. The van der Waals surface area contributed by atoms with Gasteiger partial charge in [0.15, 0.2) is 23.7 Å². The number of likely N-dealkylation sites (N-methyl/N-ethyl adjacent to an activating group) is 1. The van der Waals surface area contributed by atoms with E-state index in [9.17, 15) is 24.3 Å². The molecule has 7 atom stereocenters. The summed E-state index contributed by atoms with van der Waals surface area (Å²) < 4.78 is 23.2. The predicted molar refractivity (Wildman–Crippen MR) is 144 cm³/mol. The number of allylic oxidation sites excluding steroid dienone is 1. The van der Waals surface area contributed by atoms with E-state index in [1.54, 1.807) is 13.2 Å². The average molecular weight is 572 g/mol. The fourth-order valence-corrected chi connectivity index (χ4v) is 6.88. The van der Waals surface area contributed by atoms with Gasteiger partial charge in [-0.15, -0.1) is 0 Å². The molecule has 222 valence electrons. The first-order valence-corrected chi connectivity index (χ1v) is 13.8.